The van der Waals surface area contributed by atoms with Crippen LogP contribution in [0.4, 0.5) is 8.78 Å². The van der Waals surface area contributed by atoms with Gasteiger partial charge < -0.3 is 10.3 Å². The van der Waals surface area contributed by atoms with Crippen LogP contribution in [0.15, 0.2) is 79.1 Å². The lowest BCUT2D eigenvalue weighted by molar-refractivity contribution is -0.121. The Morgan fingerprint density at radius 3 is 2.63 bits per heavy atom. The maximum Gasteiger partial charge on any atom is 0.225 e. The number of aromatic amines is 1. The van der Waals surface area contributed by atoms with E-state index in [0.29, 0.717) is 43.4 Å². The average Bonchev–Trinajstić information content (AvgIpc) is 3.26. The van der Waals surface area contributed by atoms with Crippen LogP contribution < -0.4 is 5.32 Å². The van der Waals surface area contributed by atoms with Crippen LogP contribution in [0, 0.1) is 18.6 Å². The number of pyridine rings is 1. The van der Waals surface area contributed by atoms with Crippen LogP contribution in [-0.2, 0) is 17.6 Å². The number of benzene rings is 3. The molecule has 2 aromatic heterocycles. The minimum absolute atomic E-state index is 0.0161. The first-order valence-corrected chi connectivity index (χ1v) is 12.7. The Labute approximate surface area is 228 Å². The Bertz CT molecular complexity index is 1630. The summed E-state index contributed by atoms with van der Waals surface area (Å²) in [5.74, 6) is -1.03. The fourth-order valence-corrected chi connectivity index (χ4v) is 5.13. The molecule has 0 saturated heterocycles. The predicted molar refractivity (Wildman–Crippen MR) is 147 cm³/mol. The lowest BCUT2D eigenvalue weighted by Crippen LogP contribution is -2.32. The number of halogens is 4. The Kier molecular flexibility index (Phi) is 7.45. The number of aromatic nitrogens is 2. The summed E-state index contributed by atoms with van der Waals surface area (Å²) in [6.07, 6.45) is 3.64. The van der Waals surface area contributed by atoms with Crippen LogP contribution >= 0.6 is 23.2 Å². The van der Waals surface area contributed by atoms with Crippen LogP contribution in [0.3, 0.4) is 0 Å². The van der Waals surface area contributed by atoms with Crippen LogP contribution in [-0.4, -0.2) is 15.9 Å². The van der Waals surface area contributed by atoms with Gasteiger partial charge in [0.2, 0.25) is 5.91 Å². The van der Waals surface area contributed by atoms with Crippen molar-refractivity contribution in [2.75, 3.05) is 0 Å². The number of carbonyl (C=O) groups excluding carboxylic acids is 1. The van der Waals surface area contributed by atoms with Crippen molar-refractivity contribution in [3.05, 3.63) is 123 Å². The number of aryl methyl sites for hydroxylation is 1. The molecule has 0 radical (unpaired) electrons. The first-order valence-electron chi connectivity index (χ1n) is 12.0. The van der Waals surface area contributed by atoms with Gasteiger partial charge in [0.1, 0.15) is 11.6 Å². The summed E-state index contributed by atoms with van der Waals surface area (Å²) in [5.41, 5.74) is 4.81. The molecule has 0 spiro atoms. The highest BCUT2D eigenvalue weighted by Gasteiger charge is 2.23. The molecule has 5 aromatic rings. The lowest BCUT2D eigenvalue weighted by atomic mass is 9.94. The molecule has 1 amide bonds. The second kappa shape index (κ2) is 10.9. The van der Waals surface area contributed by atoms with Gasteiger partial charge in [0.05, 0.1) is 28.2 Å². The second-order valence-corrected chi connectivity index (χ2v) is 9.96. The first-order chi connectivity index (χ1) is 18.3. The number of rotatable bonds is 7. The first kappa shape index (κ1) is 25.9. The number of hydrogen-bond acceptors (Lipinski definition) is 2. The zero-order valence-electron chi connectivity index (χ0n) is 20.4. The number of H-pyrrole nitrogens is 1. The van der Waals surface area contributed by atoms with E-state index in [1.165, 1.54) is 24.3 Å². The molecule has 1 atom stereocenters. The molecule has 2 N–H and O–H groups in total. The number of nitrogens with zero attached hydrogens (tertiary/aromatic N) is 1. The van der Waals surface area contributed by atoms with Gasteiger partial charge in [-0.2, -0.15) is 0 Å². The summed E-state index contributed by atoms with van der Waals surface area (Å²) >= 11 is 12.8. The molecule has 0 unspecified atom stereocenters. The fraction of sp³-hybridized carbons (Fsp3) is 0.133. The molecule has 0 aliphatic heterocycles. The standard InChI is InChI=1S/C30H23Cl2F2N3O/c1-17-10-18(12-21(34)11-17)13-27(30-23(5-3-9-35-30)22-4-2-6-25(31)29(22)32)37-28(38)14-19-16-36-26-8-7-20(33)15-24(19)26/h2-12,15-16,27,36H,13-14H2,1H3,(H,37,38)/t27-/m0/s1. The van der Waals surface area contributed by atoms with E-state index < -0.39 is 6.04 Å². The minimum Gasteiger partial charge on any atom is -0.361 e. The Balaban J connectivity index is 1.52. The largest absolute Gasteiger partial charge is 0.361 e. The summed E-state index contributed by atoms with van der Waals surface area (Å²) in [6.45, 7) is 1.81. The van der Waals surface area contributed by atoms with Crippen LogP contribution in [0.1, 0.15) is 28.4 Å². The minimum atomic E-state index is -0.614. The van der Waals surface area contributed by atoms with E-state index in [1.54, 1.807) is 36.7 Å². The molecule has 4 nitrogen and oxygen atoms in total. The molecule has 0 bridgehead atoms. The molecule has 2 heterocycles. The highest BCUT2D eigenvalue weighted by Crippen LogP contribution is 2.37. The third-order valence-electron chi connectivity index (χ3n) is 6.37. The topological polar surface area (TPSA) is 57.8 Å². The summed E-state index contributed by atoms with van der Waals surface area (Å²) in [4.78, 5) is 21.0. The fourth-order valence-electron chi connectivity index (χ4n) is 4.73. The molecule has 0 aliphatic carbocycles. The van der Waals surface area contributed by atoms with Gasteiger partial charge in [0, 0.05) is 34.4 Å². The number of fused-ring (bicyclic) bond motifs is 1. The molecule has 3 aromatic carbocycles. The highest BCUT2D eigenvalue weighted by molar-refractivity contribution is 6.43. The van der Waals surface area contributed by atoms with Gasteiger partial charge in [-0.25, -0.2) is 8.78 Å². The van der Waals surface area contributed by atoms with Crippen molar-refractivity contribution >= 4 is 40.0 Å². The van der Waals surface area contributed by atoms with Crippen molar-refractivity contribution in [3.8, 4) is 11.1 Å². The molecule has 5 rings (SSSR count). The van der Waals surface area contributed by atoms with Gasteiger partial charge in [0.25, 0.3) is 0 Å². The van der Waals surface area contributed by atoms with E-state index in [-0.39, 0.29) is 30.4 Å². The van der Waals surface area contributed by atoms with Gasteiger partial charge in [-0.15, -0.1) is 0 Å². The van der Waals surface area contributed by atoms with Crippen molar-refractivity contribution in [3.63, 3.8) is 0 Å². The monoisotopic (exact) mass is 549 g/mol. The van der Waals surface area contributed by atoms with E-state index in [4.69, 9.17) is 23.2 Å². The summed E-state index contributed by atoms with van der Waals surface area (Å²) in [6, 6.07) is 17.5. The molecule has 192 valence electrons. The molecular formula is C30H23Cl2F2N3O. The van der Waals surface area contributed by atoms with Crippen molar-refractivity contribution < 1.29 is 13.6 Å². The number of amides is 1. The van der Waals surface area contributed by atoms with Gasteiger partial charge in [-0.1, -0.05) is 47.5 Å². The van der Waals surface area contributed by atoms with Crippen molar-refractivity contribution in [1.82, 2.24) is 15.3 Å². The van der Waals surface area contributed by atoms with Crippen LogP contribution in [0.25, 0.3) is 22.0 Å². The highest BCUT2D eigenvalue weighted by atomic mass is 35.5. The molecule has 0 fully saturated rings. The maximum absolute atomic E-state index is 14.2. The maximum atomic E-state index is 14.2. The zero-order chi connectivity index (χ0) is 26.8. The summed E-state index contributed by atoms with van der Waals surface area (Å²) < 4.78 is 28.1. The summed E-state index contributed by atoms with van der Waals surface area (Å²) in [7, 11) is 0. The van der Waals surface area contributed by atoms with E-state index in [0.717, 1.165) is 11.1 Å². The Hall–Kier alpha value is -3.74. The number of hydrogen-bond donors (Lipinski definition) is 2. The van der Waals surface area contributed by atoms with Crippen molar-refractivity contribution in [2.24, 2.45) is 0 Å². The normalized spacial score (nSPS) is 12.0. The van der Waals surface area contributed by atoms with Gasteiger partial charge in [0.15, 0.2) is 0 Å². The van der Waals surface area contributed by atoms with Crippen LogP contribution in [0.5, 0.6) is 0 Å². The van der Waals surface area contributed by atoms with Gasteiger partial charge >= 0.3 is 0 Å². The number of nitrogens with one attached hydrogen (secondary N) is 2. The molecular weight excluding hydrogens is 527 g/mol. The Morgan fingerprint density at radius 1 is 1.00 bits per heavy atom. The zero-order valence-corrected chi connectivity index (χ0v) is 21.9. The Morgan fingerprint density at radius 2 is 1.82 bits per heavy atom. The SMILES string of the molecule is Cc1cc(F)cc(C[C@H](NC(=O)Cc2c[nH]c3ccc(F)cc23)c2ncccc2-c2cccc(Cl)c2Cl)c1. The third-order valence-corrected chi connectivity index (χ3v) is 7.19. The van der Waals surface area contributed by atoms with E-state index >= 15 is 0 Å². The summed E-state index contributed by atoms with van der Waals surface area (Å²) in [5, 5.41) is 4.48. The van der Waals surface area contributed by atoms with Gasteiger partial charge in [-0.05, 0) is 72.5 Å². The van der Waals surface area contributed by atoms with Crippen molar-refractivity contribution in [1.29, 1.82) is 0 Å². The molecule has 8 heteroatoms. The van der Waals surface area contributed by atoms with E-state index in [1.807, 2.05) is 25.1 Å². The van der Waals surface area contributed by atoms with Gasteiger partial charge in [-0.3, -0.25) is 9.78 Å². The number of carbonyl (C=O) groups is 1. The quantitative estimate of drug-likeness (QED) is 0.218. The average molecular weight is 550 g/mol. The predicted octanol–water partition coefficient (Wildman–Crippen LogP) is 7.77. The van der Waals surface area contributed by atoms with Crippen LogP contribution in [0.2, 0.25) is 10.0 Å². The third kappa shape index (κ3) is 5.57. The molecule has 0 saturated carbocycles. The molecule has 0 aliphatic rings. The smallest absolute Gasteiger partial charge is 0.225 e. The second-order valence-electron chi connectivity index (χ2n) is 9.18. The lowest BCUT2D eigenvalue weighted by Gasteiger charge is -2.22. The van der Waals surface area contributed by atoms with E-state index in [2.05, 4.69) is 15.3 Å². The van der Waals surface area contributed by atoms with Crippen molar-refractivity contribution in [2.45, 2.75) is 25.8 Å². The van der Waals surface area contributed by atoms with E-state index in [9.17, 15) is 13.6 Å². The molecule has 38 heavy (non-hydrogen) atoms.